The molecule has 1 aromatic carbocycles. The Hall–Kier alpha value is -0.300. The van der Waals surface area contributed by atoms with E-state index in [-0.39, 0.29) is 5.82 Å². The SMILES string of the molecule is Fc1cc(Br)cc2nc(I)ncc12. The van der Waals surface area contributed by atoms with Crippen molar-refractivity contribution in [1.29, 1.82) is 0 Å². The number of hydrogen-bond acceptors (Lipinski definition) is 2. The fourth-order valence-corrected chi connectivity index (χ4v) is 1.85. The summed E-state index contributed by atoms with van der Waals surface area (Å²) < 4.78 is 14.6. The number of aromatic nitrogens is 2. The molecular weight excluding hydrogens is 350 g/mol. The molecular formula is C8H3BrFIN2. The molecule has 0 atom stereocenters. The standard InChI is InChI=1S/C8H3BrFIN2/c9-4-1-6(10)5-3-12-8(11)13-7(5)2-4/h1-3H. The van der Waals surface area contributed by atoms with Gasteiger partial charge in [0, 0.05) is 33.3 Å². The molecule has 0 bridgehead atoms. The third-order valence-electron chi connectivity index (χ3n) is 1.59. The lowest BCUT2D eigenvalue weighted by Gasteiger charge is -1.99. The van der Waals surface area contributed by atoms with E-state index in [1.165, 1.54) is 12.3 Å². The van der Waals surface area contributed by atoms with Crippen LogP contribution < -0.4 is 0 Å². The maximum atomic E-state index is 13.3. The molecule has 0 aliphatic rings. The minimum Gasteiger partial charge on any atom is -0.231 e. The monoisotopic (exact) mass is 352 g/mol. The van der Waals surface area contributed by atoms with Gasteiger partial charge in [-0.3, -0.25) is 0 Å². The number of benzene rings is 1. The molecule has 5 heteroatoms. The van der Waals surface area contributed by atoms with Crippen LogP contribution in [0.3, 0.4) is 0 Å². The van der Waals surface area contributed by atoms with Gasteiger partial charge in [-0.05, 0) is 12.1 Å². The maximum absolute atomic E-state index is 13.3. The smallest absolute Gasteiger partial charge is 0.191 e. The molecule has 2 rings (SSSR count). The predicted octanol–water partition coefficient (Wildman–Crippen LogP) is 3.14. The number of fused-ring (bicyclic) bond motifs is 1. The Labute approximate surface area is 95.8 Å². The van der Waals surface area contributed by atoms with Crippen LogP contribution in [0, 0.1) is 9.65 Å². The fourth-order valence-electron chi connectivity index (χ4n) is 1.04. The van der Waals surface area contributed by atoms with Gasteiger partial charge in [0.15, 0.2) is 3.83 Å². The van der Waals surface area contributed by atoms with Crippen molar-refractivity contribution in [3.8, 4) is 0 Å². The highest BCUT2D eigenvalue weighted by Crippen LogP contribution is 2.21. The number of halogens is 3. The number of hydrogen-bond donors (Lipinski definition) is 0. The second kappa shape index (κ2) is 3.45. The summed E-state index contributed by atoms with van der Waals surface area (Å²) in [6.07, 6.45) is 1.49. The van der Waals surface area contributed by atoms with Gasteiger partial charge >= 0.3 is 0 Å². The van der Waals surface area contributed by atoms with Crippen LogP contribution in [0.4, 0.5) is 4.39 Å². The van der Waals surface area contributed by atoms with Crippen LogP contribution >= 0.6 is 38.5 Å². The van der Waals surface area contributed by atoms with Crippen molar-refractivity contribution in [2.75, 3.05) is 0 Å². The predicted molar refractivity (Wildman–Crippen MR) is 59.9 cm³/mol. The van der Waals surface area contributed by atoms with E-state index in [2.05, 4.69) is 25.9 Å². The Morgan fingerprint density at radius 3 is 2.92 bits per heavy atom. The third kappa shape index (κ3) is 1.80. The summed E-state index contributed by atoms with van der Waals surface area (Å²) >= 11 is 5.20. The van der Waals surface area contributed by atoms with E-state index in [9.17, 15) is 4.39 Å². The minimum atomic E-state index is -0.305. The van der Waals surface area contributed by atoms with Crippen LogP contribution in [0.1, 0.15) is 0 Å². The van der Waals surface area contributed by atoms with Gasteiger partial charge in [0.25, 0.3) is 0 Å². The van der Waals surface area contributed by atoms with Gasteiger partial charge in [-0.25, -0.2) is 14.4 Å². The second-order valence-corrected chi connectivity index (χ2v) is 4.34. The van der Waals surface area contributed by atoms with E-state index in [1.807, 2.05) is 22.6 Å². The van der Waals surface area contributed by atoms with E-state index >= 15 is 0 Å². The summed E-state index contributed by atoms with van der Waals surface area (Å²) in [7, 11) is 0. The van der Waals surface area contributed by atoms with Gasteiger partial charge in [0.1, 0.15) is 5.82 Å². The average Bonchev–Trinajstić information content (AvgIpc) is 2.02. The number of rotatable bonds is 0. The highest BCUT2D eigenvalue weighted by Gasteiger charge is 2.04. The molecule has 0 N–H and O–H groups in total. The van der Waals surface area contributed by atoms with Crippen molar-refractivity contribution in [2.24, 2.45) is 0 Å². The van der Waals surface area contributed by atoms with Gasteiger partial charge in [0.05, 0.1) is 10.9 Å². The summed E-state index contributed by atoms with van der Waals surface area (Å²) in [4.78, 5) is 8.02. The fraction of sp³-hybridized carbons (Fsp3) is 0. The first-order valence-corrected chi connectivity index (χ1v) is 5.31. The summed E-state index contributed by atoms with van der Waals surface area (Å²) in [6, 6.07) is 3.17. The Morgan fingerprint density at radius 1 is 1.38 bits per heavy atom. The molecule has 0 radical (unpaired) electrons. The molecule has 1 aromatic heterocycles. The molecule has 2 nitrogen and oxygen atoms in total. The van der Waals surface area contributed by atoms with Crippen LogP contribution in [-0.2, 0) is 0 Å². The van der Waals surface area contributed by atoms with Crippen LogP contribution in [0.15, 0.2) is 22.8 Å². The van der Waals surface area contributed by atoms with Crippen LogP contribution in [0.25, 0.3) is 10.9 Å². The van der Waals surface area contributed by atoms with E-state index in [0.29, 0.717) is 19.2 Å². The van der Waals surface area contributed by atoms with Crippen molar-refractivity contribution in [3.63, 3.8) is 0 Å². The second-order valence-electron chi connectivity index (χ2n) is 2.46. The van der Waals surface area contributed by atoms with Crippen molar-refractivity contribution in [2.45, 2.75) is 0 Å². The van der Waals surface area contributed by atoms with Crippen molar-refractivity contribution >= 4 is 49.4 Å². The molecule has 0 spiro atoms. The van der Waals surface area contributed by atoms with Crippen molar-refractivity contribution < 1.29 is 4.39 Å². The lowest BCUT2D eigenvalue weighted by molar-refractivity contribution is 0.638. The molecule has 13 heavy (non-hydrogen) atoms. The maximum Gasteiger partial charge on any atom is 0.191 e. The van der Waals surface area contributed by atoms with E-state index in [0.717, 1.165) is 0 Å². The van der Waals surface area contributed by atoms with Crippen LogP contribution in [0.5, 0.6) is 0 Å². The first-order valence-electron chi connectivity index (χ1n) is 3.44. The van der Waals surface area contributed by atoms with Gasteiger partial charge in [-0.1, -0.05) is 15.9 Å². The molecule has 0 saturated carbocycles. The lowest BCUT2D eigenvalue weighted by atomic mass is 10.2. The summed E-state index contributed by atoms with van der Waals surface area (Å²) in [6.45, 7) is 0. The lowest BCUT2D eigenvalue weighted by Crippen LogP contribution is -1.90. The summed E-state index contributed by atoms with van der Waals surface area (Å²) in [5.74, 6) is -0.305. The molecule has 2 aromatic rings. The minimum absolute atomic E-state index is 0.305. The molecule has 0 amide bonds. The zero-order valence-electron chi connectivity index (χ0n) is 6.26. The van der Waals surface area contributed by atoms with E-state index in [4.69, 9.17) is 0 Å². The Bertz CT molecular complexity index is 470. The van der Waals surface area contributed by atoms with Crippen molar-refractivity contribution in [1.82, 2.24) is 9.97 Å². The van der Waals surface area contributed by atoms with Gasteiger partial charge in [0.2, 0.25) is 0 Å². The van der Waals surface area contributed by atoms with E-state index < -0.39 is 0 Å². The summed E-state index contributed by atoms with van der Waals surface area (Å²) in [5.41, 5.74) is 0.617. The van der Waals surface area contributed by atoms with Gasteiger partial charge in [-0.15, -0.1) is 0 Å². The Kier molecular flexibility index (Phi) is 2.46. The Morgan fingerprint density at radius 2 is 2.15 bits per heavy atom. The topological polar surface area (TPSA) is 25.8 Å². The van der Waals surface area contributed by atoms with Gasteiger partial charge < -0.3 is 0 Å². The average molecular weight is 353 g/mol. The van der Waals surface area contributed by atoms with E-state index in [1.54, 1.807) is 6.07 Å². The third-order valence-corrected chi connectivity index (χ3v) is 2.56. The first kappa shape index (κ1) is 9.26. The molecule has 0 fully saturated rings. The molecule has 66 valence electrons. The largest absolute Gasteiger partial charge is 0.231 e. The summed E-state index contributed by atoms with van der Waals surface area (Å²) in [5, 5.41) is 0.448. The molecule has 1 heterocycles. The van der Waals surface area contributed by atoms with Crippen molar-refractivity contribution in [3.05, 3.63) is 32.5 Å². The zero-order valence-corrected chi connectivity index (χ0v) is 10.0. The quantitative estimate of drug-likeness (QED) is 0.537. The normalized spacial score (nSPS) is 10.7. The molecule has 0 aliphatic carbocycles. The Balaban J connectivity index is 2.86. The first-order chi connectivity index (χ1) is 6.16. The zero-order chi connectivity index (χ0) is 9.42. The van der Waals surface area contributed by atoms with Crippen LogP contribution in [0.2, 0.25) is 0 Å². The number of nitrogens with zero attached hydrogens (tertiary/aromatic N) is 2. The molecule has 0 saturated heterocycles. The molecule has 0 unspecified atom stereocenters. The highest BCUT2D eigenvalue weighted by molar-refractivity contribution is 14.1. The molecule has 0 aliphatic heterocycles. The van der Waals surface area contributed by atoms with Gasteiger partial charge in [-0.2, -0.15) is 0 Å². The van der Waals surface area contributed by atoms with Crippen LogP contribution in [-0.4, -0.2) is 9.97 Å². The highest BCUT2D eigenvalue weighted by atomic mass is 127.